The van der Waals surface area contributed by atoms with Gasteiger partial charge in [0.2, 0.25) is 5.91 Å². The summed E-state index contributed by atoms with van der Waals surface area (Å²) in [6.45, 7) is 4.16. The molecule has 2 rings (SSSR count). The molecule has 0 bridgehead atoms. The number of rotatable bonds is 1. The summed E-state index contributed by atoms with van der Waals surface area (Å²) >= 11 is 5.86. The summed E-state index contributed by atoms with van der Waals surface area (Å²) in [7, 11) is 0. The highest BCUT2D eigenvalue weighted by atomic mass is 35.5. The number of nitrogens with zero attached hydrogens (tertiary/aromatic N) is 1. The first-order valence-corrected chi connectivity index (χ1v) is 6.63. The first kappa shape index (κ1) is 12.2. The Kier molecular flexibility index (Phi) is 3.75. The molecule has 0 radical (unpaired) electrons. The summed E-state index contributed by atoms with van der Waals surface area (Å²) in [5.41, 5.74) is -0.0576. The largest absolute Gasteiger partial charge is 0.373 e. The molecule has 0 aromatic carbocycles. The van der Waals surface area contributed by atoms with Crippen LogP contribution in [-0.2, 0) is 9.53 Å². The Morgan fingerprint density at radius 2 is 2.12 bits per heavy atom. The van der Waals surface area contributed by atoms with Gasteiger partial charge in [0.15, 0.2) is 0 Å². The van der Waals surface area contributed by atoms with Crippen molar-refractivity contribution in [3.8, 4) is 0 Å². The second-order valence-corrected chi connectivity index (χ2v) is 5.62. The van der Waals surface area contributed by atoms with E-state index < -0.39 is 5.38 Å². The minimum Gasteiger partial charge on any atom is -0.373 e. The van der Waals surface area contributed by atoms with Gasteiger partial charge >= 0.3 is 0 Å². The first-order valence-electron chi connectivity index (χ1n) is 6.20. The SMILES string of the molecule is CC(Cl)C(=O)N1CCCC2(CCCCO2)C1. The average Bonchev–Trinajstić information content (AvgIpc) is 2.29. The van der Waals surface area contributed by atoms with Crippen molar-refractivity contribution in [3.63, 3.8) is 0 Å². The molecule has 0 aromatic heterocycles. The summed E-state index contributed by atoms with van der Waals surface area (Å²) in [4.78, 5) is 13.7. The van der Waals surface area contributed by atoms with Gasteiger partial charge in [0, 0.05) is 19.7 Å². The molecule has 0 saturated carbocycles. The van der Waals surface area contributed by atoms with E-state index in [-0.39, 0.29) is 11.5 Å². The lowest BCUT2D eigenvalue weighted by molar-refractivity contribution is -0.148. The van der Waals surface area contributed by atoms with Gasteiger partial charge in [0.25, 0.3) is 0 Å². The molecule has 2 heterocycles. The van der Waals surface area contributed by atoms with Crippen molar-refractivity contribution >= 4 is 17.5 Å². The van der Waals surface area contributed by atoms with E-state index in [1.165, 1.54) is 6.42 Å². The van der Waals surface area contributed by atoms with Crippen LogP contribution in [0.5, 0.6) is 0 Å². The van der Waals surface area contributed by atoms with E-state index in [2.05, 4.69) is 0 Å². The van der Waals surface area contributed by atoms with Crippen molar-refractivity contribution in [1.29, 1.82) is 0 Å². The van der Waals surface area contributed by atoms with Crippen LogP contribution in [0, 0.1) is 0 Å². The number of hydrogen-bond acceptors (Lipinski definition) is 2. The maximum Gasteiger partial charge on any atom is 0.240 e. The van der Waals surface area contributed by atoms with Crippen molar-refractivity contribution < 1.29 is 9.53 Å². The minimum atomic E-state index is -0.418. The molecule has 0 aromatic rings. The molecule has 1 amide bonds. The van der Waals surface area contributed by atoms with E-state index >= 15 is 0 Å². The molecule has 0 aliphatic carbocycles. The predicted molar refractivity (Wildman–Crippen MR) is 63.7 cm³/mol. The van der Waals surface area contributed by atoms with Gasteiger partial charge in [0.1, 0.15) is 5.38 Å². The lowest BCUT2D eigenvalue weighted by Gasteiger charge is -2.45. The zero-order chi connectivity index (χ0) is 11.6. The normalized spacial score (nSPS) is 32.8. The predicted octanol–water partition coefficient (Wildman–Crippen LogP) is 2.18. The van der Waals surface area contributed by atoms with Crippen LogP contribution in [0.1, 0.15) is 39.0 Å². The maximum atomic E-state index is 11.9. The van der Waals surface area contributed by atoms with Gasteiger partial charge in [0.05, 0.1) is 5.60 Å². The van der Waals surface area contributed by atoms with E-state index in [0.29, 0.717) is 0 Å². The van der Waals surface area contributed by atoms with Crippen LogP contribution in [-0.4, -0.2) is 41.5 Å². The fourth-order valence-corrected chi connectivity index (χ4v) is 2.91. The second kappa shape index (κ2) is 4.92. The monoisotopic (exact) mass is 245 g/mol. The maximum absolute atomic E-state index is 11.9. The Balaban J connectivity index is 2.00. The molecule has 2 saturated heterocycles. The fraction of sp³-hybridized carbons (Fsp3) is 0.917. The Hall–Kier alpha value is -0.280. The highest BCUT2D eigenvalue weighted by Gasteiger charge is 2.39. The lowest BCUT2D eigenvalue weighted by Crippen LogP contribution is -2.54. The Morgan fingerprint density at radius 1 is 1.38 bits per heavy atom. The van der Waals surface area contributed by atoms with Gasteiger partial charge in [-0.2, -0.15) is 0 Å². The summed E-state index contributed by atoms with van der Waals surface area (Å²) in [6, 6.07) is 0. The van der Waals surface area contributed by atoms with Crippen LogP contribution >= 0.6 is 11.6 Å². The standard InChI is InChI=1S/C12H20ClNO2/c1-10(13)11(15)14-7-4-6-12(9-14)5-2-3-8-16-12/h10H,2-9H2,1H3. The molecule has 16 heavy (non-hydrogen) atoms. The van der Waals surface area contributed by atoms with Crippen molar-refractivity contribution in [2.45, 2.75) is 50.0 Å². The van der Waals surface area contributed by atoms with Crippen LogP contribution in [0.2, 0.25) is 0 Å². The smallest absolute Gasteiger partial charge is 0.240 e. The van der Waals surface area contributed by atoms with Crippen LogP contribution in [0.15, 0.2) is 0 Å². The number of amides is 1. The fourth-order valence-electron chi connectivity index (χ4n) is 2.77. The summed E-state index contributed by atoms with van der Waals surface area (Å²) < 4.78 is 5.93. The van der Waals surface area contributed by atoms with Gasteiger partial charge in [-0.3, -0.25) is 4.79 Å². The number of halogens is 1. The van der Waals surface area contributed by atoms with Crippen molar-refractivity contribution in [3.05, 3.63) is 0 Å². The van der Waals surface area contributed by atoms with E-state index in [1.54, 1.807) is 6.92 Å². The number of ether oxygens (including phenoxy) is 1. The van der Waals surface area contributed by atoms with Crippen LogP contribution in [0.3, 0.4) is 0 Å². The number of carbonyl (C=O) groups excluding carboxylic acids is 1. The third kappa shape index (κ3) is 2.51. The molecule has 0 N–H and O–H groups in total. The number of alkyl halides is 1. The molecule has 2 unspecified atom stereocenters. The zero-order valence-corrected chi connectivity index (χ0v) is 10.6. The van der Waals surface area contributed by atoms with Crippen molar-refractivity contribution in [2.24, 2.45) is 0 Å². The van der Waals surface area contributed by atoms with E-state index in [1.807, 2.05) is 4.90 Å². The molecule has 2 fully saturated rings. The highest BCUT2D eigenvalue weighted by Crippen LogP contribution is 2.33. The summed E-state index contributed by atoms with van der Waals surface area (Å²) in [5, 5.41) is -0.418. The minimum absolute atomic E-state index is 0.0508. The van der Waals surface area contributed by atoms with Gasteiger partial charge < -0.3 is 9.64 Å². The van der Waals surface area contributed by atoms with Crippen LogP contribution < -0.4 is 0 Å². The molecule has 2 aliphatic heterocycles. The van der Waals surface area contributed by atoms with Crippen molar-refractivity contribution in [2.75, 3.05) is 19.7 Å². The van der Waals surface area contributed by atoms with E-state index in [9.17, 15) is 4.79 Å². The van der Waals surface area contributed by atoms with Gasteiger partial charge in [-0.1, -0.05) is 0 Å². The molecule has 2 atom stereocenters. The third-order valence-electron chi connectivity index (χ3n) is 3.63. The Labute approximate surface area is 102 Å². The first-order chi connectivity index (χ1) is 7.63. The highest BCUT2D eigenvalue weighted by molar-refractivity contribution is 6.30. The van der Waals surface area contributed by atoms with Crippen molar-refractivity contribution in [1.82, 2.24) is 4.90 Å². The Morgan fingerprint density at radius 3 is 2.75 bits per heavy atom. The Bertz CT molecular complexity index is 256. The van der Waals surface area contributed by atoms with Gasteiger partial charge in [-0.25, -0.2) is 0 Å². The second-order valence-electron chi connectivity index (χ2n) is 4.97. The quantitative estimate of drug-likeness (QED) is 0.663. The molecule has 1 spiro atoms. The van der Waals surface area contributed by atoms with Crippen LogP contribution in [0.4, 0.5) is 0 Å². The van der Waals surface area contributed by atoms with E-state index in [4.69, 9.17) is 16.3 Å². The molecule has 4 heteroatoms. The molecular formula is C12H20ClNO2. The zero-order valence-electron chi connectivity index (χ0n) is 9.88. The van der Waals surface area contributed by atoms with Gasteiger partial charge in [-0.05, 0) is 39.0 Å². The average molecular weight is 246 g/mol. The molecule has 2 aliphatic rings. The van der Waals surface area contributed by atoms with E-state index in [0.717, 1.165) is 45.4 Å². The number of carbonyl (C=O) groups is 1. The molecule has 92 valence electrons. The summed E-state index contributed by atoms with van der Waals surface area (Å²) in [5.74, 6) is 0.0508. The number of piperidine rings is 1. The molecular weight excluding hydrogens is 226 g/mol. The van der Waals surface area contributed by atoms with Crippen LogP contribution in [0.25, 0.3) is 0 Å². The topological polar surface area (TPSA) is 29.5 Å². The number of likely N-dealkylation sites (tertiary alicyclic amines) is 1. The number of hydrogen-bond donors (Lipinski definition) is 0. The van der Waals surface area contributed by atoms with Gasteiger partial charge in [-0.15, -0.1) is 11.6 Å². The summed E-state index contributed by atoms with van der Waals surface area (Å²) in [6.07, 6.45) is 5.59. The lowest BCUT2D eigenvalue weighted by atomic mass is 9.85. The third-order valence-corrected chi connectivity index (χ3v) is 3.81. The molecule has 3 nitrogen and oxygen atoms in total.